The highest BCUT2D eigenvalue weighted by Gasteiger charge is 2.06. The summed E-state index contributed by atoms with van der Waals surface area (Å²) in [5.74, 6) is -0.254. The van der Waals surface area contributed by atoms with Gasteiger partial charge in [0, 0.05) is 23.9 Å². The number of hydrogen-bond acceptors (Lipinski definition) is 4. The number of halogens is 1. The Bertz CT molecular complexity index is 724. The number of fused-ring (bicyclic) bond motifs is 1. The third-order valence-corrected chi connectivity index (χ3v) is 2.80. The molecule has 0 spiro atoms. The number of anilines is 2. The van der Waals surface area contributed by atoms with Gasteiger partial charge in [-0.3, -0.25) is 0 Å². The van der Waals surface area contributed by atoms with Gasteiger partial charge in [-0.2, -0.15) is 4.98 Å². The summed E-state index contributed by atoms with van der Waals surface area (Å²) in [6, 6.07) is 12.2. The number of oxazole rings is 1. The molecule has 0 saturated heterocycles. The molecule has 3 N–H and O–H groups in total. The Kier molecular flexibility index (Phi) is 2.79. The highest BCUT2D eigenvalue weighted by atomic mass is 19.1. The monoisotopic (exact) mass is 257 g/mol. The van der Waals surface area contributed by atoms with Crippen molar-refractivity contribution in [2.24, 2.45) is 0 Å². The van der Waals surface area contributed by atoms with E-state index in [0.717, 1.165) is 0 Å². The van der Waals surface area contributed by atoms with Crippen LogP contribution in [0, 0.1) is 5.82 Å². The van der Waals surface area contributed by atoms with Gasteiger partial charge in [0.1, 0.15) is 11.3 Å². The molecule has 19 heavy (non-hydrogen) atoms. The maximum Gasteiger partial charge on any atom is 0.295 e. The summed E-state index contributed by atoms with van der Waals surface area (Å²) in [7, 11) is 0. The molecular weight excluding hydrogens is 245 g/mol. The first-order valence-electron chi connectivity index (χ1n) is 5.86. The number of rotatable bonds is 3. The third kappa shape index (κ3) is 2.35. The van der Waals surface area contributed by atoms with Crippen LogP contribution in [-0.4, -0.2) is 4.98 Å². The van der Waals surface area contributed by atoms with E-state index in [0.29, 0.717) is 34.9 Å². The van der Waals surface area contributed by atoms with Crippen molar-refractivity contribution >= 4 is 22.8 Å². The molecule has 0 amide bonds. The van der Waals surface area contributed by atoms with Gasteiger partial charge in [-0.1, -0.05) is 18.2 Å². The van der Waals surface area contributed by atoms with E-state index in [2.05, 4.69) is 10.3 Å². The van der Waals surface area contributed by atoms with Crippen molar-refractivity contribution in [1.82, 2.24) is 4.98 Å². The maximum atomic E-state index is 13.4. The van der Waals surface area contributed by atoms with Crippen molar-refractivity contribution in [3.8, 4) is 0 Å². The van der Waals surface area contributed by atoms with Gasteiger partial charge in [0.05, 0.1) is 0 Å². The van der Waals surface area contributed by atoms with Crippen molar-refractivity contribution in [2.75, 3.05) is 11.1 Å². The molecule has 1 heterocycles. The largest absolute Gasteiger partial charge is 0.423 e. The molecule has 0 unspecified atom stereocenters. The van der Waals surface area contributed by atoms with Crippen LogP contribution in [0.1, 0.15) is 5.56 Å². The Morgan fingerprint density at radius 3 is 2.89 bits per heavy atom. The lowest BCUT2D eigenvalue weighted by atomic mass is 10.2. The summed E-state index contributed by atoms with van der Waals surface area (Å²) in [6.07, 6.45) is 0. The van der Waals surface area contributed by atoms with Crippen LogP contribution in [0.25, 0.3) is 11.1 Å². The van der Waals surface area contributed by atoms with Crippen molar-refractivity contribution in [3.05, 3.63) is 53.8 Å². The topological polar surface area (TPSA) is 64.1 Å². The molecule has 3 rings (SSSR count). The maximum absolute atomic E-state index is 13.4. The van der Waals surface area contributed by atoms with E-state index in [1.807, 2.05) is 0 Å². The van der Waals surface area contributed by atoms with E-state index in [4.69, 9.17) is 10.2 Å². The van der Waals surface area contributed by atoms with Crippen LogP contribution in [0.2, 0.25) is 0 Å². The molecule has 0 bridgehead atoms. The highest BCUT2D eigenvalue weighted by Crippen LogP contribution is 2.21. The third-order valence-electron chi connectivity index (χ3n) is 2.80. The molecule has 0 aliphatic carbocycles. The van der Waals surface area contributed by atoms with Gasteiger partial charge in [0.25, 0.3) is 6.01 Å². The van der Waals surface area contributed by atoms with E-state index >= 15 is 0 Å². The van der Waals surface area contributed by atoms with Crippen LogP contribution in [0.5, 0.6) is 0 Å². The van der Waals surface area contributed by atoms with Crippen LogP contribution in [-0.2, 0) is 6.54 Å². The van der Waals surface area contributed by atoms with Crippen LogP contribution >= 0.6 is 0 Å². The normalized spacial score (nSPS) is 10.8. The first-order valence-corrected chi connectivity index (χ1v) is 5.86. The van der Waals surface area contributed by atoms with Gasteiger partial charge in [-0.05, 0) is 18.2 Å². The summed E-state index contributed by atoms with van der Waals surface area (Å²) in [6.45, 7) is 0.314. The van der Waals surface area contributed by atoms with E-state index in [1.165, 1.54) is 6.07 Å². The molecule has 3 aromatic rings. The number of aromatic nitrogens is 1. The molecule has 0 aliphatic heterocycles. The average molecular weight is 257 g/mol. The second-order valence-corrected chi connectivity index (χ2v) is 4.19. The van der Waals surface area contributed by atoms with Gasteiger partial charge < -0.3 is 15.5 Å². The van der Waals surface area contributed by atoms with E-state index in [9.17, 15) is 4.39 Å². The molecule has 5 heteroatoms. The molecule has 1 aromatic heterocycles. The Morgan fingerprint density at radius 2 is 2.05 bits per heavy atom. The Balaban J connectivity index is 1.80. The molecule has 4 nitrogen and oxygen atoms in total. The molecule has 0 aliphatic rings. The van der Waals surface area contributed by atoms with Crippen molar-refractivity contribution in [2.45, 2.75) is 6.54 Å². The second kappa shape index (κ2) is 4.61. The van der Waals surface area contributed by atoms with Crippen molar-refractivity contribution < 1.29 is 8.81 Å². The highest BCUT2D eigenvalue weighted by molar-refractivity contribution is 5.78. The number of nitrogens with two attached hydrogens (primary N) is 1. The minimum atomic E-state index is -0.254. The Hall–Kier alpha value is -2.56. The van der Waals surface area contributed by atoms with Gasteiger partial charge in [0.2, 0.25) is 0 Å². The fourth-order valence-corrected chi connectivity index (χ4v) is 1.83. The zero-order valence-corrected chi connectivity index (χ0v) is 10.1. The zero-order valence-electron chi connectivity index (χ0n) is 10.1. The van der Waals surface area contributed by atoms with Gasteiger partial charge in [-0.25, -0.2) is 4.39 Å². The van der Waals surface area contributed by atoms with Crippen LogP contribution in [0.15, 0.2) is 46.9 Å². The predicted molar refractivity (Wildman–Crippen MR) is 72.1 cm³/mol. The standard InChI is InChI=1S/C14H12FN3O/c15-11-4-2-1-3-9(11)8-17-14-18-12-6-5-10(16)7-13(12)19-14/h1-7H,8,16H2,(H,17,18). The first kappa shape index (κ1) is 11.5. The Morgan fingerprint density at radius 1 is 1.21 bits per heavy atom. The number of hydrogen-bond donors (Lipinski definition) is 2. The quantitative estimate of drug-likeness (QED) is 0.707. The van der Waals surface area contributed by atoms with Gasteiger partial charge in [0.15, 0.2) is 5.58 Å². The van der Waals surface area contributed by atoms with E-state index < -0.39 is 0 Å². The van der Waals surface area contributed by atoms with E-state index in [-0.39, 0.29) is 5.82 Å². The molecular formula is C14H12FN3O. The predicted octanol–water partition coefficient (Wildman–Crippen LogP) is 3.16. The summed E-state index contributed by atoms with van der Waals surface area (Å²) in [5.41, 5.74) is 8.16. The fourth-order valence-electron chi connectivity index (χ4n) is 1.83. The lowest BCUT2D eigenvalue weighted by Gasteiger charge is -2.02. The van der Waals surface area contributed by atoms with Gasteiger partial charge >= 0.3 is 0 Å². The number of benzene rings is 2. The SMILES string of the molecule is Nc1ccc2nc(NCc3ccccc3F)oc2c1. The van der Waals surface area contributed by atoms with Crippen LogP contribution in [0.4, 0.5) is 16.1 Å². The minimum absolute atomic E-state index is 0.254. The Labute approximate surface area is 109 Å². The lowest BCUT2D eigenvalue weighted by Crippen LogP contribution is -2.01. The average Bonchev–Trinajstić information content (AvgIpc) is 2.79. The summed E-state index contributed by atoms with van der Waals surface area (Å²) in [5, 5.41) is 2.95. The smallest absolute Gasteiger partial charge is 0.295 e. The molecule has 0 fully saturated rings. The second-order valence-electron chi connectivity index (χ2n) is 4.19. The number of nitrogens with zero attached hydrogens (tertiary/aromatic N) is 1. The first-order chi connectivity index (χ1) is 9.22. The zero-order chi connectivity index (χ0) is 13.2. The fraction of sp³-hybridized carbons (Fsp3) is 0.0714. The molecule has 0 atom stereocenters. The van der Waals surface area contributed by atoms with Gasteiger partial charge in [-0.15, -0.1) is 0 Å². The summed E-state index contributed by atoms with van der Waals surface area (Å²) < 4.78 is 18.9. The summed E-state index contributed by atoms with van der Waals surface area (Å²) >= 11 is 0. The molecule has 96 valence electrons. The van der Waals surface area contributed by atoms with Crippen LogP contribution < -0.4 is 11.1 Å². The molecule has 0 saturated carbocycles. The number of nitrogens with one attached hydrogen (secondary N) is 1. The number of nitrogen functional groups attached to an aromatic ring is 1. The van der Waals surface area contributed by atoms with E-state index in [1.54, 1.807) is 36.4 Å². The van der Waals surface area contributed by atoms with Crippen molar-refractivity contribution in [3.63, 3.8) is 0 Å². The minimum Gasteiger partial charge on any atom is -0.423 e. The lowest BCUT2D eigenvalue weighted by molar-refractivity contribution is 0.599. The molecule has 2 aromatic carbocycles. The van der Waals surface area contributed by atoms with Crippen LogP contribution in [0.3, 0.4) is 0 Å². The summed E-state index contributed by atoms with van der Waals surface area (Å²) in [4.78, 5) is 4.24. The van der Waals surface area contributed by atoms with Crippen molar-refractivity contribution in [1.29, 1.82) is 0 Å². The molecule has 0 radical (unpaired) electrons.